The molecule has 1 aromatic carbocycles. The largest absolute Gasteiger partial charge is 0.496 e. The second-order valence-electron chi connectivity index (χ2n) is 2.71. The second-order valence-corrected chi connectivity index (χ2v) is 3.71. The molecule has 0 heterocycles. The van der Waals surface area contributed by atoms with Gasteiger partial charge < -0.3 is 16.3 Å². The number of halogens is 1. The molecule has 0 unspecified atom stereocenters. The summed E-state index contributed by atoms with van der Waals surface area (Å²) in [5.74, 6) is 5.75. The molecule has 0 aromatic heterocycles. The third kappa shape index (κ3) is 3.32. The van der Waals surface area contributed by atoms with Crippen LogP contribution < -0.4 is 16.3 Å². The number of nitrogens with two attached hydrogens (primary N) is 2. The van der Waals surface area contributed by atoms with Crippen LogP contribution in [0.2, 0.25) is 0 Å². The van der Waals surface area contributed by atoms with E-state index >= 15 is 0 Å². The standard InChI is InChI=1S/C9H12FN3OS/c1-14-8-3-2-7(10)4-6(8)5-15-9(11)13-12/h2-4H,5,12H2,1H3,(H2,11,13). The number of amidine groups is 1. The Hall–Kier alpha value is -1.43. The highest BCUT2D eigenvalue weighted by Crippen LogP contribution is 2.23. The smallest absolute Gasteiger partial charge is 0.177 e. The fraction of sp³-hybridized carbons (Fsp3) is 0.222. The van der Waals surface area contributed by atoms with E-state index in [-0.39, 0.29) is 11.0 Å². The minimum absolute atomic E-state index is 0.251. The molecule has 0 spiro atoms. The Morgan fingerprint density at radius 1 is 1.60 bits per heavy atom. The Morgan fingerprint density at radius 3 is 2.93 bits per heavy atom. The minimum atomic E-state index is -0.311. The monoisotopic (exact) mass is 229 g/mol. The summed E-state index contributed by atoms with van der Waals surface area (Å²) in [7, 11) is 1.53. The van der Waals surface area contributed by atoms with Crippen molar-refractivity contribution in [1.82, 2.24) is 0 Å². The molecule has 82 valence electrons. The SMILES string of the molecule is COc1ccc(F)cc1CSC(N)=NN. The number of hydrazone groups is 1. The number of rotatable bonds is 3. The molecule has 0 atom stereocenters. The van der Waals surface area contributed by atoms with Crippen molar-refractivity contribution in [2.24, 2.45) is 16.7 Å². The van der Waals surface area contributed by atoms with Gasteiger partial charge in [-0.15, -0.1) is 0 Å². The first kappa shape index (κ1) is 11.6. The Labute approximate surface area is 91.5 Å². The topological polar surface area (TPSA) is 73.6 Å². The van der Waals surface area contributed by atoms with Crippen LogP contribution in [0.5, 0.6) is 5.75 Å². The summed E-state index contributed by atoms with van der Waals surface area (Å²) in [6, 6.07) is 4.31. The first-order chi connectivity index (χ1) is 7.17. The van der Waals surface area contributed by atoms with E-state index in [0.717, 1.165) is 0 Å². The molecule has 0 aliphatic heterocycles. The molecule has 0 saturated carbocycles. The summed E-state index contributed by atoms with van der Waals surface area (Å²) in [5, 5.41) is 3.56. The molecule has 0 saturated heterocycles. The van der Waals surface area contributed by atoms with Crippen LogP contribution in [-0.2, 0) is 5.75 Å². The zero-order valence-electron chi connectivity index (χ0n) is 8.24. The number of thioether (sulfide) groups is 1. The van der Waals surface area contributed by atoms with Gasteiger partial charge in [0.05, 0.1) is 7.11 Å². The van der Waals surface area contributed by atoms with E-state index in [1.807, 2.05) is 0 Å². The summed E-state index contributed by atoms with van der Waals surface area (Å²) < 4.78 is 18.0. The predicted molar refractivity (Wildman–Crippen MR) is 60.1 cm³/mol. The number of benzene rings is 1. The molecule has 0 radical (unpaired) electrons. The number of nitrogens with zero attached hydrogens (tertiary/aromatic N) is 1. The summed E-state index contributed by atoms with van der Waals surface area (Å²) >= 11 is 1.22. The molecule has 0 bridgehead atoms. The average Bonchev–Trinajstić information content (AvgIpc) is 2.26. The zero-order valence-corrected chi connectivity index (χ0v) is 9.05. The lowest BCUT2D eigenvalue weighted by molar-refractivity contribution is 0.410. The molecule has 15 heavy (non-hydrogen) atoms. The highest BCUT2D eigenvalue weighted by molar-refractivity contribution is 8.13. The Bertz CT molecular complexity index is 370. The van der Waals surface area contributed by atoms with Crippen LogP contribution in [0.4, 0.5) is 4.39 Å². The summed E-state index contributed by atoms with van der Waals surface area (Å²) in [6.07, 6.45) is 0. The van der Waals surface area contributed by atoms with Gasteiger partial charge in [-0.2, -0.15) is 5.10 Å². The highest BCUT2D eigenvalue weighted by Gasteiger charge is 2.05. The molecule has 1 aromatic rings. The van der Waals surface area contributed by atoms with E-state index in [0.29, 0.717) is 17.1 Å². The van der Waals surface area contributed by atoms with Gasteiger partial charge in [0.1, 0.15) is 11.6 Å². The van der Waals surface area contributed by atoms with Crippen LogP contribution in [-0.4, -0.2) is 12.3 Å². The number of methoxy groups -OCH3 is 1. The van der Waals surface area contributed by atoms with E-state index in [9.17, 15) is 4.39 Å². The number of hydrogen-bond acceptors (Lipinski definition) is 4. The van der Waals surface area contributed by atoms with Crippen LogP contribution in [0.15, 0.2) is 23.3 Å². The molecule has 4 N–H and O–H groups in total. The Balaban J connectivity index is 2.78. The maximum absolute atomic E-state index is 12.9. The molecule has 0 aliphatic rings. The first-order valence-corrected chi connectivity index (χ1v) is 5.14. The summed E-state index contributed by atoms with van der Waals surface area (Å²) in [5.41, 5.74) is 6.12. The van der Waals surface area contributed by atoms with E-state index < -0.39 is 0 Å². The van der Waals surface area contributed by atoms with Gasteiger partial charge in [0.2, 0.25) is 0 Å². The number of ether oxygens (including phenoxy) is 1. The fourth-order valence-corrected chi connectivity index (χ4v) is 1.65. The van der Waals surface area contributed by atoms with E-state index in [2.05, 4.69) is 5.10 Å². The van der Waals surface area contributed by atoms with Gasteiger partial charge >= 0.3 is 0 Å². The Kier molecular flexibility index (Phi) is 4.23. The van der Waals surface area contributed by atoms with Gasteiger partial charge in [-0.1, -0.05) is 11.8 Å². The summed E-state index contributed by atoms with van der Waals surface area (Å²) in [4.78, 5) is 0. The molecular weight excluding hydrogens is 217 g/mol. The lowest BCUT2D eigenvalue weighted by Gasteiger charge is -2.07. The van der Waals surface area contributed by atoms with Gasteiger partial charge in [-0.25, -0.2) is 4.39 Å². The van der Waals surface area contributed by atoms with Crippen molar-refractivity contribution in [3.8, 4) is 5.75 Å². The van der Waals surface area contributed by atoms with Crippen LogP contribution >= 0.6 is 11.8 Å². The maximum Gasteiger partial charge on any atom is 0.177 e. The average molecular weight is 229 g/mol. The van der Waals surface area contributed by atoms with E-state index in [1.165, 1.54) is 31.0 Å². The van der Waals surface area contributed by atoms with Crippen LogP contribution in [0.3, 0.4) is 0 Å². The van der Waals surface area contributed by atoms with Gasteiger partial charge in [-0.05, 0) is 18.2 Å². The van der Waals surface area contributed by atoms with Crippen molar-refractivity contribution in [1.29, 1.82) is 0 Å². The lowest BCUT2D eigenvalue weighted by Crippen LogP contribution is -2.09. The fourth-order valence-electron chi connectivity index (χ4n) is 1.05. The molecule has 4 nitrogen and oxygen atoms in total. The minimum Gasteiger partial charge on any atom is -0.496 e. The lowest BCUT2D eigenvalue weighted by atomic mass is 10.2. The van der Waals surface area contributed by atoms with Crippen molar-refractivity contribution < 1.29 is 9.13 Å². The van der Waals surface area contributed by atoms with Gasteiger partial charge in [0, 0.05) is 11.3 Å². The van der Waals surface area contributed by atoms with E-state index in [1.54, 1.807) is 6.07 Å². The quantitative estimate of drug-likeness (QED) is 0.354. The molecular formula is C9H12FN3OS. The molecule has 0 amide bonds. The normalized spacial score (nSPS) is 11.5. The molecule has 0 fully saturated rings. The molecule has 6 heteroatoms. The molecule has 1 rings (SSSR count). The van der Waals surface area contributed by atoms with Crippen molar-refractivity contribution in [3.63, 3.8) is 0 Å². The molecule has 0 aliphatic carbocycles. The number of hydrogen-bond donors (Lipinski definition) is 2. The van der Waals surface area contributed by atoms with Crippen molar-refractivity contribution in [2.45, 2.75) is 5.75 Å². The van der Waals surface area contributed by atoms with Gasteiger partial charge in [-0.3, -0.25) is 0 Å². The van der Waals surface area contributed by atoms with Crippen molar-refractivity contribution in [2.75, 3.05) is 7.11 Å². The first-order valence-electron chi connectivity index (χ1n) is 4.16. The third-order valence-electron chi connectivity index (χ3n) is 1.75. The Morgan fingerprint density at radius 2 is 2.33 bits per heavy atom. The second kappa shape index (κ2) is 5.45. The van der Waals surface area contributed by atoms with E-state index in [4.69, 9.17) is 16.3 Å². The van der Waals surface area contributed by atoms with Crippen molar-refractivity contribution >= 4 is 16.9 Å². The van der Waals surface area contributed by atoms with Crippen LogP contribution in [0, 0.1) is 5.82 Å². The maximum atomic E-state index is 12.9. The third-order valence-corrected chi connectivity index (χ3v) is 2.60. The van der Waals surface area contributed by atoms with Gasteiger partial charge in [0.15, 0.2) is 5.17 Å². The van der Waals surface area contributed by atoms with Crippen LogP contribution in [0.1, 0.15) is 5.56 Å². The zero-order chi connectivity index (χ0) is 11.3. The summed E-state index contributed by atoms with van der Waals surface area (Å²) in [6.45, 7) is 0. The van der Waals surface area contributed by atoms with Gasteiger partial charge in [0.25, 0.3) is 0 Å². The highest BCUT2D eigenvalue weighted by atomic mass is 32.2. The van der Waals surface area contributed by atoms with Crippen molar-refractivity contribution in [3.05, 3.63) is 29.6 Å². The predicted octanol–water partition coefficient (Wildman–Crippen LogP) is 1.26. The van der Waals surface area contributed by atoms with Crippen LogP contribution in [0.25, 0.3) is 0 Å².